The van der Waals surface area contributed by atoms with Crippen LogP contribution in [0, 0.1) is 28.9 Å². The molecule has 47 heavy (non-hydrogen) atoms. The molecule has 2 aromatic carbocycles. The molecule has 6 rings (SSSR count). The Morgan fingerprint density at radius 2 is 1.66 bits per heavy atom. The molecule has 252 valence electrons. The number of carbonyl (C=O) groups is 2. The van der Waals surface area contributed by atoms with Gasteiger partial charge in [0, 0.05) is 48.4 Å². The number of rotatable bonds is 10. The summed E-state index contributed by atoms with van der Waals surface area (Å²) in [6.45, 7) is 2.29. The second-order valence-corrected chi connectivity index (χ2v) is 14.3. The molecule has 0 radical (unpaired) electrons. The quantitative estimate of drug-likeness (QED) is 0.249. The minimum Gasteiger partial charge on any atom is -0.341 e. The average Bonchev–Trinajstić information content (AvgIpc) is 3.61. The monoisotopic (exact) mass is 666 g/mol. The summed E-state index contributed by atoms with van der Waals surface area (Å²) in [4.78, 5) is 33.4. The highest BCUT2D eigenvalue weighted by Crippen LogP contribution is 2.47. The lowest BCUT2D eigenvalue weighted by Gasteiger charge is -2.48. The molecular weight excluding hydrogens is 622 g/mol. The van der Waals surface area contributed by atoms with Crippen LogP contribution in [0.15, 0.2) is 55.1 Å². The summed E-state index contributed by atoms with van der Waals surface area (Å²) < 4.78 is 28.9. The van der Waals surface area contributed by atoms with Gasteiger partial charge >= 0.3 is 0 Å². The highest BCUT2D eigenvalue weighted by Gasteiger charge is 2.44. The molecule has 0 unspecified atom stereocenters. The van der Waals surface area contributed by atoms with Crippen LogP contribution in [0.4, 0.5) is 14.5 Å². The predicted molar refractivity (Wildman–Crippen MR) is 178 cm³/mol. The van der Waals surface area contributed by atoms with Crippen molar-refractivity contribution in [3.63, 3.8) is 0 Å². The van der Waals surface area contributed by atoms with Crippen LogP contribution >= 0.6 is 11.6 Å². The smallest absolute Gasteiger partial charge is 0.240 e. The molecule has 3 aliphatic rings. The average molecular weight is 667 g/mol. The van der Waals surface area contributed by atoms with E-state index in [9.17, 15) is 18.4 Å². The van der Waals surface area contributed by atoms with Crippen molar-refractivity contribution in [1.82, 2.24) is 25.0 Å². The molecule has 3 fully saturated rings. The summed E-state index contributed by atoms with van der Waals surface area (Å²) in [6.07, 6.45) is 15.0. The summed E-state index contributed by atoms with van der Waals surface area (Å²) in [5, 5.41) is 11.5. The van der Waals surface area contributed by atoms with E-state index < -0.39 is 17.7 Å². The number of piperidine rings is 1. The number of hydrogen-bond acceptors (Lipinski definition) is 5. The second kappa shape index (κ2) is 15.2. The number of amides is 2. The van der Waals surface area contributed by atoms with Crippen molar-refractivity contribution in [3.8, 4) is 0 Å². The Bertz CT molecular complexity index is 1480. The Kier molecular flexibility index (Phi) is 10.9. The minimum atomic E-state index is -0.990. The van der Waals surface area contributed by atoms with Gasteiger partial charge in [0.15, 0.2) is 11.6 Å². The Morgan fingerprint density at radius 3 is 2.32 bits per heavy atom. The maximum absolute atomic E-state index is 14.3. The van der Waals surface area contributed by atoms with Gasteiger partial charge in [0.25, 0.3) is 0 Å². The maximum atomic E-state index is 14.3. The fourth-order valence-electron chi connectivity index (χ4n) is 8.14. The van der Waals surface area contributed by atoms with Gasteiger partial charge in [0.2, 0.25) is 11.8 Å². The Labute approximate surface area is 280 Å². The van der Waals surface area contributed by atoms with E-state index in [2.05, 4.69) is 25.6 Å². The third-order valence-corrected chi connectivity index (χ3v) is 11.1. The van der Waals surface area contributed by atoms with Crippen LogP contribution in [-0.4, -0.2) is 56.7 Å². The number of nitrogens with zero attached hydrogens (tertiary/aromatic N) is 4. The molecule has 3 aromatic rings. The first-order valence-electron chi connectivity index (χ1n) is 17.2. The Morgan fingerprint density at radius 1 is 0.936 bits per heavy atom. The van der Waals surface area contributed by atoms with Crippen molar-refractivity contribution in [1.29, 1.82) is 0 Å². The van der Waals surface area contributed by atoms with E-state index in [0.717, 1.165) is 63.0 Å². The number of halogens is 3. The van der Waals surface area contributed by atoms with E-state index in [1.807, 2.05) is 35.3 Å². The number of aromatic nitrogens is 3. The molecule has 0 spiro atoms. The van der Waals surface area contributed by atoms with Crippen LogP contribution in [0.25, 0.3) is 0 Å². The SMILES string of the molecule is O=C([C@@H](Cc1ccc(Cl)cc1)N[C@H]1CC[C@@H](C(=O)Nc2ccc(F)c(F)c2)CC1)N1CCC(Cn2cncn2)(C2CCCCC2)CC1. The molecule has 1 aromatic heterocycles. The van der Waals surface area contributed by atoms with Gasteiger partial charge in [0.1, 0.15) is 12.7 Å². The van der Waals surface area contributed by atoms with Crippen LogP contribution in [0.3, 0.4) is 0 Å². The van der Waals surface area contributed by atoms with E-state index in [0.29, 0.717) is 30.2 Å². The summed E-state index contributed by atoms with van der Waals surface area (Å²) in [5.41, 5.74) is 1.40. The molecule has 0 bridgehead atoms. The van der Waals surface area contributed by atoms with Crippen molar-refractivity contribution >= 4 is 29.1 Å². The molecule has 11 heteroatoms. The highest BCUT2D eigenvalue weighted by molar-refractivity contribution is 6.30. The zero-order valence-corrected chi connectivity index (χ0v) is 27.6. The number of likely N-dealkylation sites (tertiary alicyclic amines) is 1. The van der Waals surface area contributed by atoms with Crippen LogP contribution in [-0.2, 0) is 22.6 Å². The maximum Gasteiger partial charge on any atom is 0.240 e. The van der Waals surface area contributed by atoms with Crippen LogP contribution in [0.2, 0.25) is 5.02 Å². The number of anilines is 1. The molecule has 1 aliphatic heterocycles. The van der Waals surface area contributed by atoms with Gasteiger partial charge in [-0.3, -0.25) is 14.3 Å². The third-order valence-electron chi connectivity index (χ3n) is 10.9. The van der Waals surface area contributed by atoms with Crippen molar-refractivity contribution in [2.24, 2.45) is 17.3 Å². The molecule has 8 nitrogen and oxygen atoms in total. The van der Waals surface area contributed by atoms with Gasteiger partial charge in [-0.2, -0.15) is 5.10 Å². The van der Waals surface area contributed by atoms with Crippen LogP contribution in [0.1, 0.15) is 76.2 Å². The third kappa shape index (κ3) is 8.38. The van der Waals surface area contributed by atoms with E-state index >= 15 is 0 Å². The highest BCUT2D eigenvalue weighted by atomic mass is 35.5. The summed E-state index contributed by atoms with van der Waals surface area (Å²) in [7, 11) is 0. The zero-order chi connectivity index (χ0) is 32.8. The zero-order valence-electron chi connectivity index (χ0n) is 26.9. The predicted octanol–water partition coefficient (Wildman–Crippen LogP) is 6.80. The number of hydrogen-bond donors (Lipinski definition) is 2. The van der Waals surface area contributed by atoms with Crippen LogP contribution < -0.4 is 10.6 Å². The number of benzene rings is 2. The van der Waals surface area contributed by atoms with Crippen molar-refractivity contribution in [2.45, 2.75) is 95.7 Å². The summed E-state index contributed by atoms with van der Waals surface area (Å²) in [5.74, 6) is -1.60. The Balaban J connectivity index is 1.09. The fraction of sp³-hybridized carbons (Fsp3) is 0.556. The lowest BCUT2D eigenvalue weighted by molar-refractivity contribution is -0.137. The summed E-state index contributed by atoms with van der Waals surface area (Å²) >= 11 is 6.17. The molecular formula is C36H45ClF2N6O2. The van der Waals surface area contributed by atoms with Gasteiger partial charge < -0.3 is 15.5 Å². The van der Waals surface area contributed by atoms with E-state index in [4.69, 9.17) is 11.6 Å². The lowest BCUT2D eigenvalue weighted by atomic mass is 9.63. The standard InChI is InChI=1S/C36H45ClF2N6O2/c37-28-10-6-25(7-11-28)20-33(42-29-12-8-26(9-13-29)34(46)43-30-14-15-31(38)32(39)21-30)35(47)44-18-16-36(17-19-44,22-45-24-40-23-41-45)27-4-2-1-3-5-27/h6-7,10-11,14-15,21,23-24,26-27,29,33,42H,1-5,8-9,12-13,16-20,22H2,(H,43,46)/t26-,29+,33-/m1/s1. The van der Waals surface area contributed by atoms with Gasteiger partial charge in [-0.15, -0.1) is 0 Å². The topological polar surface area (TPSA) is 92.2 Å². The molecule has 2 aliphatic carbocycles. The first kappa shape index (κ1) is 33.5. The minimum absolute atomic E-state index is 0.0852. The fourth-order valence-corrected chi connectivity index (χ4v) is 8.26. The van der Waals surface area contributed by atoms with Gasteiger partial charge in [0.05, 0.1) is 6.04 Å². The number of nitrogens with one attached hydrogen (secondary N) is 2. The largest absolute Gasteiger partial charge is 0.341 e. The van der Waals surface area contributed by atoms with Crippen molar-refractivity contribution in [2.75, 3.05) is 18.4 Å². The molecule has 2 N–H and O–H groups in total. The van der Waals surface area contributed by atoms with Gasteiger partial charge in [-0.05, 0) is 98.9 Å². The lowest BCUT2D eigenvalue weighted by Crippen LogP contribution is -2.55. The normalized spacial score (nSPS) is 22.5. The van der Waals surface area contributed by atoms with E-state index in [1.165, 1.54) is 38.2 Å². The first-order chi connectivity index (χ1) is 22.8. The molecule has 1 atom stereocenters. The molecule has 1 saturated heterocycles. The molecule has 2 saturated carbocycles. The van der Waals surface area contributed by atoms with Crippen molar-refractivity contribution < 1.29 is 18.4 Å². The molecule has 2 amide bonds. The van der Waals surface area contributed by atoms with Gasteiger partial charge in [-0.25, -0.2) is 13.8 Å². The molecule has 2 heterocycles. The van der Waals surface area contributed by atoms with Crippen LogP contribution in [0.5, 0.6) is 0 Å². The number of carbonyl (C=O) groups excluding carboxylic acids is 2. The first-order valence-corrected chi connectivity index (χ1v) is 17.5. The van der Waals surface area contributed by atoms with Crippen molar-refractivity contribution in [3.05, 3.63) is 77.3 Å². The van der Waals surface area contributed by atoms with E-state index in [-0.39, 0.29) is 34.9 Å². The van der Waals surface area contributed by atoms with E-state index in [1.54, 1.807) is 6.33 Å². The van der Waals surface area contributed by atoms with Gasteiger partial charge in [-0.1, -0.05) is 43.0 Å². The summed E-state index contributed by atoms with van der Waals surface area (Å²) in [6, 6.07) is 10.7. The second-order valence-electron chi connectivity index (χ2n) is 13.8. The Hall–Kier alpha value is -3.37.